The summed E-state index contributed by atoms with van der Waals surface area (Å²) < 4.78 is 5.72. The maximum absolute atomic E-state index is 13.6. The molecule has 3 rings (SSSR count). The van der Waals surface area contributed by atoms with E-state index in [4.69, 9.17) is 9.84 Å². The molecule has 0 fully saturated rings. The number of aromatic hydroxyl groups is 2. The lowest BCUT2D eigenvalue weighted by Crippen LogP contribution is -2.41. The van der Waals surface area contributed by atoms with Gasteiger partial charge in [-0.1, -0.05) is 11.8 Å². The number of amides is 1. The predicted molar refractivity (Wildman–Crippen MR) is 145 cm³/mol. The van der Waals surface area contributed by atoms with E-state index in [0.717, 1.165) is 11.8 Å². The maximum atomic E-state index is 13.6. The minimum Gasteiger partial charge on any atom is -0.507 e. The van der Waals surface area contributed by atoms with Crippen LogP contribution >= 0.6 is 11.8 Å². The molecule has 0 bridgehead atoms. The summed E-state index contributed by atoms with van der Waals surface area (Å²) in [6, 6.07) is 0. The Bertz CT molecular complexity index is 1350. The zero-order chi connectivity index (χ0) is 30.5. The highest BCUT2D eigenvalue weighted by Gasteiger charge is 2.56. The van der Waals surface area contributed by atoms with Gasteiger partial charge in [0.25, 0.3) is 0 Å². The minimum absolute atomic E-state index is 0.00702. The molecule has 2 aliphatic rings. The van der Waals surface area contributed by atoms with Crippen molar-refractivity contribution in [3.8, 4) is 17.2 Å². The lowest BCUT2D eigenvalue weighted by Gasteiger charge is -2.29. The van der Waals surface area contributed by atoms with Gasteiger partial charge in [0.1, 0.15) is 40.5 Å². The third-order valence-electron chi connectivity index (χ3n) is 6.42. The fourth-order valence-corrected chi connectivity index (χ4v) is 4.61. The molecule has 0 saturated heterocycles. The Morgan fingerprint density at radius 3 is 2.17 bits per heavy atom. The second-order valence-electron chi connectivity index (χ2n) is 9.30. The molecule has 1 amide bonds. The van der Waals surface area contributed by atoms with E-state index in [0.29, 0.717) is 25.1 Å². The number of carboxylic acids is 1. The molecule has 1 aliphatic heterocycles. The molecule has 0 spiro atoms. The Morgan fingerprint density at radius 1 is 1.05 bits per heavy atom. The summed E-state index contributed by atoms with van der Waals surface area (Å²) in [5, 5.41) is 34.3. The van der Waals surface area contributed by atoms with Crippen LogP contribution in [0.2, 0.25) is 0 Å². The van der Waals surface area contributed by atoms with Crippen LogP contribution in [0, 0.1) is 6.92 Å². The molecule has 12 nitrogen and oxygen atoms in total. The van der Waals surface area contributed by atoms with Gasteiger partial charge in [0.15, 0.2) is 22.5 Å². The van der Waals surface area contributed by atoms with Crippen LogP contribution < -0.4 is 15.4 Å². The molecule has 40 heavy (non-hydrogen) atoms. The molecule has 1 aliphatic carbocycles. The zero-order valence-corrected chi connectivity index (χ0v) is 23.8. The number of carbonyl (C=O) groups is 6. The van der Waals surface area contributed by atoms with Crippen LogP contribution in [0.4, 0.5) is 0 Å². The topological polar surface area (TPSA) is 196 Å². The van der Waals surface area contributed by atoms with Crippen LogP contribution in [-0.4, -0.2) is 69.0 Å². The summed E-state index contributed by atoms with van der Waals surface area (Å²) in [4.78, 5) is 69.7. The smallest absolute Gasteiger partial charge is 0.322 e. The molecule has 216 valence electrons. The first kappa shape index (κ1) is 32.1. The molecule has 0 saturated carbocycles. The van der Waals surface area contributed by atoms with Crippen molar-refractivity contribution in [3.63, 3.8) is 0 Å². The number of carboxylic acid groups (broad SMARTS) is 1. The van der Waals surface area contributed by atoms with Gasteiger partial charge in [0.2, 0.25) is 5.91 Å². The van der Waals surface area contributed by atoms with Crippen LogP contribution in [0.3, 0.4) is 0 Å². The van der Waals surface area contributed by atoms with Crippen molar-refractivity contribution in [2.24, 2.45) is 0 Å². The van der Waals surface area contributed by atoms with Crippen LogP contribution in [0.25, 0.3) is 0 Å². The van der Waals surface area contributed by atoms with E-state index in [-0.39, 0.29) is 57.1 Å². The molecule has 1 heterocycles. The molecule has 0 radical (unpaired) electrons. The van der Waals surface area contributed by atoms with E-state index < -0.39 is 34.5 Å². The average molecular weight is 577 g/mol. The van der Waals surface area contributed by atoms with E-state index in [2.05, 4.69) is 10.6 Å². The SMILES string of the molecule is CC(=O)NCC(=O)O.CSC(=O)CCCN/C(C)=C1\C(=O)C=C2Oc3c(C(C)=O)c(O)c(C)c(O)c3C2(C)C1=O. The Kier molecular flexibility index (Phi) is 10.3. The number of rotatable bonds is 8. The summed E-state index contributed by atoms with van der Waals surface area (Å²) >= 11 is 1.15. The Hall–Kier alpha value is -4.13. The van der Waals surface area contributed by atoms with Gasteiger partial charge in [-0.05, 0) is 40.4 Å². The van der Waals surface area contributed by atoms with Crippen molar-refractivity contribution >= 4 is 46.1 Å². The first-order valence-electron chi connectivity index (χ1n) is 12.2. The van der Waals surface area contributed by atoms with Crippen molar-refractivity contribution in [1.82, 2.24) is 10.6 Å². The number of aliphatic carboxylic acids is 1. The molecule has 0 aromatic heterocycles. The minimum atomic E-state index is -1.54. The lowest BCUT2D eigenvalue weighted by molar-refractivity contribution is -0.137. The number of ether oxygens (including phenoxy) is 1. The molecule has 13 heteroatoms. The number of thioether (sulfide) groups is 1. The van der Waals surface area contributed by atoms with Gasteiger partial charge in [-0.15, -0.1) is 0 Å². The number of nitrogens with one attached hydrogen (secondary N) is 2. The fraction of sp³-hybridized carbons (Fsp3) is 0.407. The summed E-state index contributed by atoms with van der Waals surface area (Å²) in [7, 11) is 0. The van der Waals surface area contributed by atoms with E-state index in [1.807, 2.05) is 0 Å². The summed E-state index contributed by atoms with van der Waals surface area (Å²) in [6.07, 6.45) is 3.79. The van der Waals surface area contributed by atoms with Crippen molar-refractivity contribution in [3.05, 3.63) is 39.8 Å². The van der Waals surface area contributed by atoms with Gasteiger partial charge in [-0.25, -0.2) is 0 Å². The lowest BCUT2D eigenvalue weighted by atomic mass is 9.70. The van der Waals surface area contributed by atoms with Gasteiger partial charge < -0.3 is 30.7 Å². The molecular weight excluding hydrogens is 544 g/mol. The van der Waals surface area contributed by atoms with Gasteiger partial charge in [0.05, 0.1) is 11.1 Å². The van der Waals surface area contributed by atoms with Crippen molar-refractivity contribution in [2.45, 2.75) is 52.9 Å². The number of ketones is 3. The van der Waals surface area contributed by atoms with Crippen LogP contribution in [0.5, 0.6) is 17.2 Å². The van der Waals surface area contributed by atoms with Gasteiger partial charge in [-0.2, -0.15) is 0 Å². The second-order valence-corrected chi connectivity index (χ2v) is 10.2. The largest absolute Gasteiger partial charge is 0.507 e. The summed E-state index contributed by atoms with van der Waals surface area (Å²) in [5.41, 5.74) is -1.32. The Morgan fingerprint density at radius 2 is 1.68 bits per heavy atom. The van der Waals surface area contributed by atoms with Gasteiger partial charge in [-0.3, -0.25) is 28.8 Å². The van der Waals surface area contributed by atoms with Crippen molar-refractivity contribution in [2.75, 3.05) is 19.3 Å². The monoisotopic (exact) mass is 576 g/mol. The van der Waals surface area contributed by atoms with E-state index >= 15 is 0 Å². The van der Waals surface area contributed by atoms with Gasteiger partial charge >= 0.3 is 5.97 Å². The quantitative estimate of drug-likeness (QED) is 0.131. The van der Waals surface area contributed by atoms with Crippen LogP contribution in [-0.2, 0) is 29.4 Å². The van der Waals surface area contributed by atoms with Crippen molar-refractivity contribution < 1.29 is 48.8 Å². The highest BCUT2D eigenvalue weighted by atomic mass is 32.2. The number of phenols is 2. The highest BCUT2D eigenvalue weighted by molar-refractivity contribution is 8.13. The first-order chi connectivity index (χ1) is 18.6. The number of fused-ring (bicyclic) bond motifs is 3. The number of benzene rings is 1. The van der Waals surface area contributed by atoms with E-state index in [9.17, 15) is 39.0 Å². The third kappa shape index (κ3) is 6.36. The number of phenolic OH excluding ortho intramolecular Hbond substituents is 2. The fourth-order valence-electron chi connectivity index (χ4n) is 4.26. The number of allylic oxidation sites excluding steroid dienone is 4. The molecule has 1 aromatic rings. The third-order valence-corrected chi connectivity index (χ3v) is 7.08. The zero-order valence-electron chi connectivity index (χ0n) is 23.0. The highest BCUT2D eigenvalue weighted by Crippen LogP contribution is 2.57. The van der Waals surface area contributed by atoms with Gasteiger partial charge in [0, 0.05) is 37.2 Å². The molecule has 1 aromatic carbocycles. The molecular formula is C27H32N2O10S. The number of carbonyl (C=O) groups excluding carboxylic acids is 5. The number of hydrogen-bond donors (Lipinski definition) is 5. The van der Waals surface area contributed by atoms with Crippen LogP contribution in [0.1, 0.15) is 62.0 Å². The number of hydrogen-bond acceptors (Lipinski definition) is 11. The summed E-state index contributed by atoms with van der Waals surface area (Å²) in [5.74, 6) is -3.92. The maximum Gasteiger partial charge on any atom is 0.322 e. The molecule has 1 unspecified atom stereocenters. The normalized spacial score (nSPS) is 18.3. The first-order valence-corrected chi connectivity index (χ1v) is 13.4. The summed E-state index contributed by atoms with van der Waals surface area (Å²) in [6.45, 7) is 7.16. The second kappa shape index (κ2) is 12.8. The van der Waals surface area contributed by atoms with Crippen molar-refractivity contribution in [1.29, 1.82) is 0 Å². The average Bonchev–Trinajstić information content (AvgIpc) is 3.16. The predicted octanol–water partition coefficient (Wildman–Crippen LogP) is 2.04. The standard InChI is InChI=1S/C23H25NO7S.C4H7NO3/c1-10-19(28)17(12(3)25)21-18(20(10)29)23(4)14(31-21)9-13(26)16(22(23)30)11(2)24-8-6-7-15(27)32-5;1-3(6)5-2-4(7)8/h9,24,28-29H,6-8H2,1-5H3;2H2,1H3,(H,5,6)(H,7,8)/b16-11+;. The van der Waals surface area contributed by atoms with Crippen LogP contribution in [0.15, 0.2) is 23.1 Å². The number of Topliss-reactive ketones (excluding diaryl/α,β-unsaturated/α-hetero) is 2. The molecule has 1 atom stereocenters. The Balaban J connectivity index is 0.000000611. The Labute approximate surface area is 234 Å². The van der Waals surface area contributed by atoms with E-state index in [1.54, 1.807) is 13.2 Å². The molecule has 5 N–H and O–H groups in total. The van der Waals surface area contributed by atoms with E-state index in [1.165, 1.54) is 33.8 Å².